The number of amides is 1. The minimum absolute atomic E-state index is 0.00635. The minimum atomic E-state index is -0.460. The molecular weight excluding hydrogens is 270 g/mol. The van der Waals surface area contributed by atoms with E-state index in [1.165, 1.54) is 18.2 Å². The van der Waals surface area contributed by atoms with Crippen molar-refractivity contribution in [3.05, 3.63) is 46.0 Å². The van der Waals surface area contributed by atoms with Crippen molar-refractivity contribution < 1.29 is 9.72 Å². The van der Waals surface area contributed by atoms with Gasteiger partial charge in [-0.1, -0.05) is 25.0 Å². The van der Waals surface area contributed by atoms with Gasteiger partial charge in [0.05, 0.1) is 4.92 Å². The third-order valence-electron chi connectivity index (χ3n) is 3.66. The molecule has 0 saturated heterocycles. The maximum Gasteiger partial charge on any atom is 0.270 e. The molecule has 1 aliphatic rings. The van der Waals surface area contributed by atoms with Crippen LogP contribution < -0.4 is 11.1 Å². The topological polar surface area (TPSA) is 98.3 Å². The smallest absolute Gasteiger partial charge is 0.270 e. The van der Waals surface area contributed by atoms with Crippen molar-refractivity contribution >= 4 is 17.7 Å². The standard InChI is InChI=1S/C15H19N3O3/c16-13-6-1-2-7-14(13)17-15(19)9-8-11-4-3-5-12(10-11)18(20)21/h3-5,8-10,13-14H,1-2,6-7,16H2,(H,17,19)/b9-8+/t13-,14-/m1/s1. The molecule has 6 heteroatoms. The van der Waals surface area contributed by atoms with Gasteiger partial charge in [0.1, 0.15) is 0 Å². The molecule has 0 aromatic heterocycles. The molecule has 2 rings (SSSR count). The zero-order valence-electron chi connectivity index (χ0n) is 11.7. The van der Waals surface area contributed by atoms with Crippen LogP contribution in [0, 0.1) is 10.1 Å². The van der Waals surface area contributed by atoms with Gasteiger partial charge in [-0.15, -0.1) is 0 Å². The van der Waals surface area contributed by atoms with Crippen LogP contribution >= 0.6 is 0 Å². The Kier molecular flexibility index (Phi) is 5.05. The van der Waals surface area contributed by atoms with Crippen LogP contribution in [0.3, 0.4) is 0 Å². The number of carbonyl (C=O) groups excluding carboxylic acids is 1. The van der Waals surface area contributed by atoms with Gasteiger partial charge in [0.2, 0.25) is 5.91 Å². The summed E-state index contributed by atoms with van der Waals surface area (Å²) in [4.78, 5) is 22.1. The predicted octanol–water partition coefficient (Wildman–Crippen LogP) is 1.99. The molecule has 1 amide bonds. The number of benzene rings is 1. The highest BCUT2D eigenvalue weighted by molar-refractivity contribution is 5.92. The van der Waals surface area contributed by atoms with E-state index in [0.717, 1.165) is 25.7 Å². The van der Waals surface area contributed by atoms with Gasteiger partial charge in [-0.05, 0) is 24.5 Å². The summed E-state index contributed by atoms with van der Waals surface area (Å²) in [6, 6.07) is 6.17. The summed E-state index contributed by atoms with van der Waals surface area (Å²) in [5.41, 5.74) is 6.60. The lowest BCUT2D eigenvalue weighted by Crippen LogP contribution is -2.48. The first-order valence-corrected chi connectivity index (χ1v) is 7.05. The van der Waals surface area contributed by atoms with Crippen molar-refractivity contribution in [1.29, 1.82) is 0 Å². The summed E-state index contributed by atoms with van der Waals surface area (Å²) >= 11 is 0. The van der Waals surface area contributed by atoms with Crippen molar-refractivity contribution in [3.63, 3.8) is 0 Å². The maximum absolute atomic E-state index is 11.9. The Hall–Kier alpha value is -2.21. The Balaban J connectivity index is 1.95. The van der Waals surface area contributed by atoms with Crippen molar-refractivity contribution in [1.82, 2.24) is 5.32 Å². The first-order chi connectivity index (χ1) is 10.1. The summed E-state index contributed by atoms with van der Waals surface area (Å²) in [7, 11) is 0. The summed E-state index contributed by atoms with van der Waals surface area (Å²) in [6.45, 7) is 0. The molecule has 112 valence electrons. The van der Waals surface area contributed by atoms with Gasteiger partial charge >= 0.3 is 0 Å². The molecule has 0 radical (unpaired) electrons. The normalized spacial score (nSPS) is 22.1. The molecule has 1 aliphatic carbocycles. The third kappa shape index (κ3) is 4.39. The van der Waals surface area contributed by atoms with E-state index in [0.29, 0.717) is 5.56 Å². The largest absolute Gasteiger partial charge is 0.348 e. The maximum atomic E-state index is 11.9. The molecule has 0 bridgehead atoms. The van der Waals surface area contributed by atoms with Crippen LogP contribution in [0.5, 0.6) is 0 Å². The molecule has 3 N–H and O–H groups in total. The van der Waals surface area contributed by atoms with Gasteiger partial charge < -0.3 is 11.1 Å². The fourth-order valence-electron chi connectivity index (χ4n) is 2.48. The van der Waals surface area contributed by atoms with Crippen molar-refractivity contribution in [2.45, 2.75) is 37.8 Å². The van der Waals surface area contributed by atoms with Crippen LogP contribution in [0.4, 0.5) is 5.69 Å². The number of nitrogens with two attached hydrogens (primary N) is 1. The van der Waals surface area contributed by atoms with E-state index < -0.39 is 4.92 Å². The van der Waals surface area contributed by atoms with Crippen LogP contribution in [-0.4, -0.2) is 22.9 Å². The minimum Gasteiger partial charge on any atom is -0.348 e. The zero-order valence-corrected chi connectivity index (χ0v) is 11.7. The van der Waals surface area contributed by atoms with Crippen LogP contribution in [0.25, 0.3) is 6.08 Å². The number of hydrogen-bond donors (Lipinski definition) is 2. The van der Waals surface area contributed by atoms with Gasteiger partial charge in [-0.2, -0.15) is 0 Å². The lowest BCUT2D eigenvalue weighted by atomic mass is 9.91. The number of nitro benzene ring substituents is 1. The highest BCUT2D eigenvalue weighted by Gasteiger charge is 2.22. The third-order valence-corrected chi connectivity index (χ3v) is 3.66. The molecule has 0 aliphatic heterocycles. The second kappa shape index (κ2) is 6.99. The molecule has 1 aromatic rings. The Bertz CT molecular complexity index is 557. The van der Waals surface area contributed by atoms with E-state index in [9.17, 15) is 14.9 Å². The molecule has 0 unspecified atom stereocenters. The number of rotatable bonds is 4. The van der Waals surface area contributed by atoms with Gasteiger partial charge in [0, 0.05) is 30.3 Å². The van der Waals surface area contributed by atoms with Crippen LogP contribution in [-0.2, 0) is 4.79 Å². The lowest BCUT2D eigenvalue weighted by molar-refractivity contribution is -0.384. The average Bonchev–Trinajstić information content (AvgIpc) is 2.48. The fraction of sp³-hybridized carbons (Fsp3) is 0.400. The SMILES string of the molecule is N[C@@H]1CCCC[C@H]1NC(=O)/C=C/c1cccc([N+](=O)[O-])c1. The molecule has 6 nitrogen and oxygen atoms in total. The Morgan fingerprint density at radius 2 is 2.14 bits per heavy atom. The van der Waals surface area contributed by atoms with Gasteiger partial charge in [0.25, 0.3) is 5.69 Å². The van der Waals surface area contributed by atoms with E-state index in [4.69, 9.17) is 5.73 Å². The second-order valence-corrected chi connectivity index (χ2v) is 5.25. The average molecular weight is 289 g/mol. The van der Waals surface area contributed by atoms with Crippen molar-refractivity contribution in [2.24, 2.45) is 5.73 Å². The molecule has 21 heavy (non-hydrogen) atoms. The predicted molar refractivity (Wildman–Crippen MR) is 80.5 cm³/mol. The highest BCUT2D eigenvalue weighted by Crippen LogP contribution is 2.17. The van der Waals surface area contributed by atoms with E-state index in [-0.39, 0.29) is 23.7 Å². The Morgan fingerprint density at radius 1 is 1.38 bits per heavy atom. The van der Waals surface area contributed by atoms with Gasteiger partial charge in [-0.25, -0.2) is 0 Å². The quantitative estimate of drug-likeness (QED) is 0.503. The van der Waals surface area contributed by atoms with E-state index in [1.54, 1.807) is 18.2 Å². The number of hydrogen-bond acceptors (Lipinski definition) is 4. The first-order valence-electron chi connectivity index (χ1n) is 7.05. The summed E-state index contributed by atoms with van der Waals surface area (Å²) < 4.78 is 0. The number of nitrogens with zero attached hydrogens (tertiary/aromatic N) is 1. The molecule has 0 spiro atoms. The van der Waals surface area contributed by atoms with E-state index in [1.807, 2.05) is 0 Å². The van der Waals surface area contributed by atoms with Crippen LogP contribution in [0.1, 0.15) is 31.2 Å². The van der Waals surface area contributed by atoms with E-state index >= 15 is 0 Å². The molecule has 0 heterocycles. The fourth-order valence-corrected chi connectivity index (χ4v) is 2.48. The number of carbonyl (C=O) groups is 1. The van der Waals surface area contributed by atoms with Crippen molar-refractivity contribution in [3.8, 4) is 0 Å². The Morgan fingerprint density at radius 3 is 2.86 bits per heavy atom. The van der Waals surface area contributed by atoms with Crippen LogP contribution in [0.2, 0.25) is 0 Å². The van der Waals surface area contributed by atoms with E-state index in [2.05, 4.69) is 5.32 Å². The monoisotopic (exact) mass is 289 g/mol. The second-order valence-electron chi connectivity index (χ2n) is 5.25. The number of non-ortho nitro benzene ring substituents is 1. The highest BCUT2D eigenvalue weighted by atomic mass is 16.6. The molecule has 1 fully saturated rings. The first kappa shape index (κ1) is 15.2. The summed E-state index contributed by atoms with van der Waals surface area (Å²) in [5.74, 6) is -0.219. The van der Waals surface area contributed by atoms with Gasteiger partial charge in [-0.3, -0.25) is 14.9 Å². The zero-order chi connectivity index (χ0) is 15.2. The number of nitro groups is 1. The Labute approximate surface area is 123 Å². The summed E-state index contributed by atoms with van der Waals surface area (Å²) in [5, 5.41) is 13.6. The molecule has 1 saturated carbocycles. The van der Waals surface area contributed by atoms with Crippen molar-refractivity contribution in [2.75, 3.05) is 0 Å². The van der Waals surface area contributed by atoms with Crippen LogP contribution in [0.15, 0.2) is 30.3 Å². The number of nitrogens with one attached hydrogen (secondary N) is 1. The molecule has 1 aromatic carbocycles. The molecular formula is C15H19N3O3. The summed E-state index contributed by atoms with van der Waals surface area (Å²) in [6.07, 6.45) is 6.97. The molecule has 2 atom stereocenters. The van der Waals surface area contributed by atoms with Gasteiger partial charge in [0.15, 0.2) is 0 Å². The lowest BCUT2D eigenvalue weighted by Gasteiger charge is -2.28.